The zero-order chi connectivity index (χ0) is 10.7. The van der Waals surface area contributed by atoms with Crippen LogP contribution in [0.25, 0.3) is 5.69 Å². The Kier molecular flexibility index (Phi) is 2.78. The number of aromatic nitrogens is 3. The molecule has 1 aromatic heterocycles. The van der Waals surface area contributed by atoms with Crippen LogP contribution in [0.4, 0.5) is 0 Å². The van der Waals surface area contributed by atoms with Gasteiger partial charge in [-0.3, -0.25) is 0 Å². The number of nitrogens with zero attached hydrogens (tertiary/aromatic N) is 3. The van der Waals surface area contributed by atoms with Gasteiger partial charge in [-0.1, -0.05) is 18.2 Å². The molecule has 0 spiro atoms. The Balaban J connectivity index is 2.28. The van der Waals surface area contributed by atoms with E-state index in [9.17, 15) is 0 Å². The van der Waals surface area contributed by atoms with E-state index in [0.717, 1.165) is 11.4 Å². The van der Waals surface area contributed by atoms with Crippen molar-refractivity contribution < 1.29 is 0 Å². The summed E-state index contributed by atoms with van der Waals surface area (Å²) in [7, 11) is 1.91. The second-order valence-corrected chi connectivity index (χ2v) is 3.40. The molecule has 0 amide bonds. The summed E-state index contributed by atoms with van der Waals surface area (Å²) < 4.78 is 0. The van der Waals surface area contributed by atoms with Crippen LogP contribution in [0.15, 0.2) is 36.5 Å². The van der Waals surface area contributed by atoms with Gasteiger partial charge in [-0.2, -0.15) is 15.0 Å². The first-order valence-electron chi connectivity index (χ1n) is 4.96. The van der Waals surface area contributed by atoms with E-state index in [2.05, 4.69) is 22.4 Å². The lowest BCUT2D eigenvalue weighted by Gasteiger charge is -2.04. The molecule has 15 heavy (non-hydrogen) atoms. The van der Waals surface area contributed by atoms with Crippen molar-refractivity contribution in [2.24, 2.45) is 0 Å². The summed E-state index contributed by atoms with van der Waals surface area (Å²) in [6.45, 7) is 2.05. The molecular formula is C11H14N4. The van der Waals surface area contributed by atoms with E-state index in [1.807, 2.05) is 37.4 Å². The van der Waals surface area contributed by atoms with Gasteiger partial charge in [0.05, 0.1) is 17.6 Å². The summed E-state index contributed by atoms with van der Waals surface area (Å²) in [6.07, 6.45) is 1.79. The first kappa shape index (κ1) is 9.86. The summed E-state index contributed by atoms with van der Waals surface area (Å²) in [6, 6.07) is 10.1. The highest BCUT2D eigenvalue weighted by Crippen LogP contribution is 2.09. The van der Waals surface area contributed by atoms with Crippen LogP contribution >= 0.6 is 0 Å². The SMILES string of the molecule is CNC(C)c1cnn(-c2ccccc2)n1. The molecule has 1 N–H and O–H groups in total. The van der Waals surface area contributed by atoms with Crippen molar-refractivity contribution in [2.75, 3.05) is 7.05 Å². The topological polar surface area (TPSA) is 42.7 Å². The van der Waals surface area contributed by atoms with Crippen molar-refractivity contribution in [1.29, 1.82) is 0 Å². The first-order chi connectivity index (χ1) is 7.31. The lowest BCUT2D eigenvalue weighted by atomic mass is 10.3. The van der Waals surface area contributed by atoms with Crippen molar-refractivity contribution in [3.05, 3.63) is 42.2 Å². The van der Waals surface area contributed by atoms with Crippen LogP contribution in [0.1, 0.15) is 18.7 Å². The molecule has 0 aliphatic carbocycles. The van der Waals surface area contributed by atoms with Gasteiger partial charge in [-0.05, 0) is 26.1 Å². The molecule has 1 atom stereocenters. The largest absolute Gasteiger partial charge is 0.312 e. The molecule has 0 radical (unpaired) electrons. The minimum absolute atomic E-state index is 0.225. The predicted octanol–water partition coefficient (Wildman–Crippen LogP) is 1.55. The minimum Gasteiger partial charge on any atom is -0.312 e. The van der Waals surface area contributed by atoms with Gasteiger partial charge in [0, 0.05) is 6.04 Å². The minimum atomic E-state index is 0.225. The van der Waals surface area contributed by atoms with E-state index in [4.69, 9.17) is 0 Å². The normalized spacial score (nSPS) is 12.7. The van der Waals surface area contributed by atoms with Gasteiger partial charge >= 0.3 is 0 Å². The molecule has 4 heteroatoms. The van der Waals surface area contributed by atoms with Crippen LogP contribution in [0.3, 0.4) is 0 Å². The zero-order valence-electron chi connectivity index (χ0n) is 8.88. The third-order valence-corrected chi connectivity index (χ3v) is 2.37. The average Bonchev–Trinajstić information content (AvgIpc) is 2.78. The highest BCUT2D eigenvalue weighted by atomic mass is 15.5. The van der Waals surface area contributed by atoms with Crippen LogP contribution in [-0.2, 0) is 0 Å². The number of benzene rings is 1. The summed E-state index contributed by atoms with van der Waals surface area (Å²) >= 11 is 0. The Morgan fingerprint density at radius 3 is 2.67 bits per heavy atom. The van der Waals surface area contributed by atoms with Gasteiger partial charge in [-0.15, -0.1) is 0 Å². The van der Waals surface area contributed by atoms with Gasteiger partial charge in [0.25, 0.3) is 0 Å². The molecule has 0 bridgehead atoms. The Morgan fingerprint density at radius 1 is 1.27 bits per heavy atom. The van der Waals surface area contributed by atoms with Crippen molar-refractivity contribution >= 4 is 0 Å². The van der Waals surface area contributed by atoms with Crippen molar-refractivity contribution in [2.45, 2.75) is 13.0 Å². The van der Waals surface area contributed by atoms with Crippen LogP contribution in [0, 0.1) is 0 Å². The predicted molar refractivity (Wildman–Crippen MR) is 58.8 cm³/mol. The fraction of sp³-hybridized carbons (Fsp3) is 0.273. The van der Waals surface area contributed by atoms with E-state index in [1.54, 1.807) is 11.0 Å². The van der Waals surface area contributed by atoms with Gasteiger partial charge < -0.3 is 5.32 Å². The summed E-state index contributed by atoms with van der Waals surface area (Å²) in [5.41, 5.74) is 1.92. The van der Waals surface area contributed by atoms with E-state index in [-0.39, 0.29) is 6.04 Å². The quantitative estimate of drug-likeness (QED) is 0.821. The summed E-state index contributed by atoms with van der Waals surface area (Å²) in [4.78, 5) is 1.64. The number of para-hydroxylation sites is 1. The molecule has 0 aliphatic rings. The maximum atomic E-state index is 4.39. The highest BCUT2D eigenvalue weighted by molar-refractivity contribution is 5.28. The third-order valence-electron chi connectivity index (χ3n) is 2.37. The molecule has 1 aromatic carbocycles. The van der Waals surface area contributed by atoms with Crippen molar-refractivity contribution in [3.63, 3.8) is 0 Å². The lowest BCUT2D eigenvalue weighted by Crippen LogP contribution is -2.13. The van der Waals surface area contributed by atoms with Crippen LogP contribution in [-0.4, -0.2) is 22.0 Å². The Morgan fingerprint density at radius 2 is 2.00 bits per heavy atom. The molecule has 4 nitrogen and oxygen atoms in total. The zero-order valence-corrected chi connectivity index (χ0v) is 8.88. The first-order valence-corrected chi connectivity index (χ1v) is 4.96. The molecule has 1 unspecified atom stereocenters. The second kappa shape index (κ2) is 4.23. The monoisotopic (exact) mass is 202 g/mol. The third kappa shape index (κ3) is 2.05. The van der Waals surface area contributed by atoms with Gasteiger partial charge in [-0.25, -0.2) is 0 Å². The molecule has 0 fully saturated rings. The fourth-order valence-corrected chi connectivity index (χ4v) is 1.31. The van der Waals surface area contributed by atoms with E-state index in [1.165, 1.54) is 0 Å². The maximum Gasteiger partial charge on any atom is 0.0998 e. The van der Waals surface area contributed by atoms with Crippen LogP contribution < -0.4 is 5.32 Å². The molecule has 2 aromatic rings. The number of rotatable bonds is 3. The number of nitrogens with one attached hydrogen (secondary N) is 1. The summed E-state index contributed by atoms with van der Waals surface area (Å²) in [5, 5.41) is 11.7. The Bertz CT molecular complexity index is 421. The van der Waals surface area contributed by atoms with E-state index >= 15 is 0 Å². The van der Waals surface area contributed by atoms with Crippen LogP contribution in [0.2, 0.25) is 0 Å². The molecule has 0 saturated heterocycles. The van der Waals surface area contributed by atoms with E-state index < -0.39 is 0 Å². The molecule has 78 valence electrons. The van der Waals surface area contributed by atoms with Gasteiger partial charge in [0.2, 0.25) is 0 Å². The Hall–Kier alpha value is -1.68. The highest BCUT2D eigenvalue weighted by Gasteiger charge is 2.07. The smallest absolute Gasteiger partial charge is 0.0998 e. The molecular weight excluding hydrogens is 188 g/mol. The van der Waals surface area contributed by atoms with Crippen molar-refractivity contribution in [3.8, 4) is 5.69 Å². The number of hydrogen-bond acceptors (Lipinski definition) is 3. The van der Waals surface area contributed by atoms with Gasteiger partial charge in [0.15, 0.2) is 0 Å². The Labute approximate surface area is 88.9 Å². The standard InChI is InChI=1S/C11H14N4/c1-9(12-2)11-8-13-15(14-11)10-6-4-3-5-7-10/h3-9,12H,1-2H3. The molecule has 2 rings (SSSR count). The number of hydrogen-bond donors (Lipinski definition) is 1. The summed E-state index contributed by atoms with van der Waals surface area (Å²) in [5.74, 6) is 0. The fourth-order valence-electron chi connectivity index (χ4n) is 1.31. The van der Waals surface area contributed by atoms with E-state index in [0.29, 0.717) is 0 Å². The average molecular weight is 202 g/mol. The van der Waals surface area contributed by atoms with Gasteiger partial charge in [0.1, 0.15) is 0 Å². The lowest BCUT2D eigenvalue weighted by molar-refractivity contribution is 0.618. The molecule has 0 aliphatic heterocycles. The van der Waals surface area contributed by atoms with Crippen LogP contribution in [0.5, 0.6) is 0 Å². The molecule has 1 heterocycles. The second-order valence-electron chi connectivity index (χ2n) is 3.40. The maximum absolute atomic E-state index is 4.39. The molecule has 0 saturated carbocycles. The van der Waals surface area contributed by atoms with Crippen molar-refractivity contribution in [1.82, 2.24) is 20.3 Å².